The first-order chi connectivity index (χ1) is 16.4. The molecule has 0 bridgehead atoms. The quantitative estimate of drug-likeness (QED) is 0.221. The van der Waals surface area contributed by atoms with E-state index in [1.807, 2.05) is 41.5 Å². The van der Waals surface area contributed by atoms with Crippen LogP contribution in [-0.4, -0.2) is 17.2 Å². The Morgan fingerprint density at radius 1 is 0.778 bits per heavy atom. The Kier molecular flexibility index (Phi) is 7.28. The van der Waals surface area contributed by atoms with E-state index in [2.05, 4.69) is 4.98 Å². The Morgan fingerprint density at radius 2 is 1.33 bits per heavy atom. The number of hydrogen-bond donors (Lipinski definition) is 1. The van der Waals surface area contributed by atoms with Crippen molar-refractivity contribution in [1.82, 2.24) is 9.97 Å². The van der Waals surface area contributed by atoms with Crippen LogP contribution >= 0.6 is 0 Å². The van der Waals surface area contributed by atoms with E-state index in [1.54, 1.807) is 7.28 Å². The number of H-pyrrole nitrogens is 1. The molecule has 0 atom stereocenters. The van der Waals surface area contributed by atoms with E-state index in [0.717, 1.165) is 35.7 Å². The van der Waals surface area contributed by atoms with Crippen LogP contribution < -0.4 is 5.72 Å². The lowest BCUT2D eigenvalue weighted by atomic mass is 9.65. The molecule has 36 heavy (non-hydrogen) atoms. The Morgan fingerprint density at radius 3 is 1.83 bits per heavy atom. The zero-order valence-electron chi connectivity index (χ0n) is 21.0. The average molecular weight is 505 g/mol. The monoisotopic (exact) mass is 505 g/mol. The minimum atomic E-state index is -4.57. The van der Waals surface area contributed by atoms with Crippen molar-refractivity contribution >= 4 is 24.6 Å². The number of nitrogens with one attached hydrogen (secondary N) is 1. The van der Waals surface area contributed by atoms with Gasteiger partial charge in [0.2, 0.25) is 7.28 Å². The molecule has 0 aliphatic heterocycles. The molecule has 1 heterocycles. The minimum Gasteiger partial charge on any atom is -0.354 e. The first-order valence-electron chi connectivity index (χ1n) is 11.4. The van der Waals surface area contributed by atoms with Crippen LogP contribution in [0, 0.1) is 0 Å². The molecule has 3 rings (SSSR count). The van der Waals surface area contributed by atoms with Gasteiger partial charge in [-0.15, -0.1) is 0 Å². The Hall–Kier alpha value is -2.97. The van der Waals surface area contributed by atoms with Gasteiger partial charge in [0.25, 0.3) is 0 Å². The van der Waals surface area contributed by atoms with Gasteiger partial charge in [0, 0.05) is 16.5 Å². The molecule has 0 fully saturated rings. The molecule has 0 unspecified atom stereocenters. The molecule has 9 heteroatoms. The van der Waals surface area contributed by atoms with Crippen LogP contribution in [0.4, 0.5) is 26.3 Å². The molecule has 2 nitrogen and oxygen atoms in total. The van der Waals surface area contributed by atoms with Gasteiger partial charge in [-0.25, -0.2) is 4.98 Å². The van der Waals surface area contributed by atoms with Gasteiger partial charge >= 0.3 is 12.4 Å². The van der Waals surface area contributed by atoms with E-state index in [4.69, 9.17) is 4.98 Å². The SMILES string of the molecule is CC(C)(C)c1nc([B]C(=Cc2cccc(C(F)(F)F)c2)c2cccc(C(F)(F)F)c2)[nH]c1C(C)(C)C. The lowest BCUT2D eigenvalue weighted by Crippen LogP contribution is -2.22. The predicted octanol–water partition coefficient (Wildman–Crippen LogP) is 7.57. The van der Waals surface area contributed by atoms with E-state index in [9.17, 15) is 26.3 Å². The number of aromatic amines is 1. The Balaban J connectivity index is 2.17. The maximum Gasteiger partial charge on any atom is 0.416 e. The number of alkyl halides is 6. The number of nitrogens with zero attached hydrogens (tertiary/aromatic N) is 1. The summed E-state index contributed by atoms with van der Waals surface area (Å²) in [6.45, 7) is 12.1. The van der Waals surface area contributed by atoms with Gasteiger partial charge in [0.05, 0.1) is 22.5 Å². The first-order valence-corrected chi connectivity index (χ1v) is 11.4. The van der Waals surface area contributed by atoms with Gasteiger partial charge in [0.1, 0.15) is 0 Å². The maximum absolute atomic E-state index is 13.4. The molecule has 191 valence electrons. The third-order valence-corrected chi connectivity index (χ3v) is 5.53. The third-order valence-electron chi connectivity index (χ3n) is 5.53. The molecule has 0 amide bonds. The van der Waals surface area contributed by atoms with E-state index >= 15 is 0 Å². The van der Waals surface area contributed by atoms with Gasteiger partial charge in [-0.1, -0.05) is 77.4 Å². The highest BCUT2D eigenvalue weighted by molar-refractivity contribution is 6.73. The van der Waals surface area contributed by atoms with Crippen molar-refractivity contribution in [3.63, 3.8) is 0 Å². The van der Waals surface area contributed by atoms with Crippen LogP contribution in [0.25, 0.3) is 11.5 Å². The zero-order chi connectivity index (χ0) is 27.1. The van der Waals surface area contributed by atoms with Crippen molar-refractivity contribution in [3.8, 4) is 0 Å². The molecule has 2 aromatic carbocycles. The standard InChI is InChI=1S/C27H28BF6N2/c1-24(2,3)21-22(25(4,5)6)36-23(35-21)28-20(17-10-8-12-19(15-17)27(32,33)34)14-16-9-7-11-18(13-16)26(29,30)31/h7-15H,1-6H3,(H,35,36). The summed E-state index contributed by atoms with van der Waals surface area (Å²) in [6.07, 6.45) is -7.68. The van der Waals surface area contributed by atoms with Crippen LogP contribution in [0.5, 0.6) is 0 Å². The molecule has 0 aliphatic rings. The van der Waals surface area contributed by atoms with Crippen molar-refractivity contribution in [2.75, 3.05) is 0 Å². The lowest BCUT2D eigenvalue weighted by molar-refractivity contribution is -0.138. The first kappa shape index (κ1) is 27.6. The topological polar surface area (TPSA) is 28.7 Å². The molecule has 3 aromatic rings. The van der Waals surface area contributed by atoms with Gasteiger partial charge in [-0.05, 0) is 35.4 Å². The van der Waals surface area contributed by atoms with Crippen molar-refractivity contribution in [2.24, 2.45) is 0 Å². The minimum absolute atomic E-state index is 0.201. The van der Waals surface area contributed by atoms with E-state index < -0.39 is 23.5 Å². The molecule has 1 radical (unpaired) electrons. The van der Waals surface area contributed by atoms with Crippen molar-refractivity contribution in [1.29, 1.82) is 0 Å². The van der Waals surface area contributed by atoms with Crippen LogP contribution in [0.3, 0.4) is 0 Å². The summed E-state index contributed by atoms with van der Waals surface area (Å²) >= 11 is 0. The molecule has 0 aliphatic carbocycles. The Bertz CT molecular complexity index is 1220. The molecular formula is C27H28BF6N2. The van der Waals surface area contributed by atoms with Crippen molar-refractivity contribution in [3.05, 3.63) is 82.2 Å². The number of rotatable bonds is 4. The third kappa shape index (κ3) is 6.62. The van der Waals surface area contributed by atoms with Gasteiger partial charge in [-0.2, -0.15) is 26.3 Å². The second-order valence-electron chi connectivity index (χ2n) is 10.8. The van der Waals surface area contributed by atoms with Gasteiger partial charge in [-0.3, -0.25) is 0 Å². The normalized spacial score (nSPS) is 13.7. The van der Waals surface area contributed by atoms with Crippen molar-refractivity contribution in [2.45, 2.75) is 64.7 Å². The zero-order valence-corrected chi connectivity index (χ0v) is 21.0. The number of halogens is 6. The summed E-state index contributed by atoms with van der Waals surface area (Å²) in [4.78, 5) is 8.01. The van der Waals surface area contributed by atoms with E-state index in [0.29, 0.717) is 5.72 Å². The van der Waals surface area contributed by atoms with Gasteiger partial charge in [0.15, 0.2) is 0 Å². The van der Waals surface area contributed by atoms with Crippen LogP contribution in [0.1, 0.15) is 75.2 Å². The second-order valence-corrected chi connectivity index (χ2v) is 10.8. The summed E-state index contributed by atoms with van der Waals surface area (Å²) in [6, 6.07) is 9.34. The number of aromatic nitrogens is 2. The summed E-state index contributed by atoms with van der Waals surface area (Å²) < 4.78 is 80.0. The predicted molar refractivity (Wildman–Crippen MR) is 132 cm³/mol. The maximum atomic E-state index is 13.4. The highest BCUT2D eigenvalue weighted by atomic mass is 19.4. The molecule has 1 N–H and O–H groups in total. The average Bonchev–Trinajstić information content (AvgIpc) is 3.18. The second kappa shape index (κ2) is 9.49. The van der Waals surface area contributed by atoms with Crippen LogP contribution in [0.2, 0.25) is 0 Å². The largest absolute Gasteiger partial charge is 0.416 e. The van der Waals surface area contributed by atoms with Crippen molar-refractivity contribution < 1.29 is 26.3 Å². The Labute approximate surface area is 208 Å². The molecule has 0 saturated carbocycles. The number of imidazole rings is 1. The van der Waals surface area contributed by atoms with Crippen LogP contribution in [0.15, 0.2) is 48.5 Å². The highest BCUT2D eigenvalue weighted by Crippen LogP contribution is 2.34. The van der Waals surface area contributed by atoms with E-state index in [-0.39, 0.29) is 27.4 Å². The highest BCUT2D eigenvalue weighted by Gasteiger charge is 2.32. The molecule has 1 aromatic heterocycles. The summed E-state index contributed by atoms with van der Waals surface area (Å²) in [5.41, 5.74) is 0.481. The number of hydrogen-bond acceptors (Lipinski definition) is 1. The number of benzene rings is 2. The van der Waals surface area contributed by atoms with Crippen LogP contribution in [-0.2, 0) is 23.2 Å². The fourth-order valence-electron chi connectivity index (χ4n) is 3.76. The smallest absolute Gasteiger partial charge is 0.354 e. The van der Waals surface area contributed by atoms with Gasteiger partial charge < -0.3 is 4.98 Å². The fourth-order valence-corrected chi connectivity index (χ4v) is 3.76. The summed E-state index contributed by atoms with van der Waals surface area (Å²) in [7, 11) is 1.57. The summed E-state index contributed by atoms with van der Waals surface area (Å²) in [5, 5.41) is 0. The molecule has 0 spiro atoms. The van der Waals surface area contributed by atoms with E-state index in [1.165, 1.54) is 30.3 Å². The fraction of sp³-hybridized carbons (Fsp3) is 0.370. The molecule has 0 saturated heterocycles. The molecular weight excluding hydrogens is 477 g/mol. The lowest BCUT2D eigenvalue weighted by Gasteiger charge is -2.24. The summed E-state index contributed by atoms with van der Waals surface area (Å²) in [5.74, 6) is 0.